The van der Waals surface area contributed by atoms with Crippen LogP contribution >= 0.6 is 0 Å². The van der Waals surface area contributed by atoms with E-state index < -0.39 is 0 Å². The first kappa shape index (κ1) is 14.3. The number of likely N-dealkylation sites (N-methyl/N-ethyl adjacent to an activating group) is 1. The quantitative estimate of drug-likeness (QED) is 0.811. The Morgan fingerprint density at radius 1 is 1.00 bits per heavy atom. The van der Waals surface area contributed by atoms with E-state index in [4.69, 9.17) is 5.73 Å². The second-order valence-corrected chi connectivity index (χ2v) is 6.41. The molecular formula is C16H32N2. The fourth-order valence-electron chi connectivity index (χ4n) is 4.63. The molecule has 2 saturated carbocycles. The summed E-state index contributed by atoms with van der Waals surface area (Å²) in [7, 11) is 0. The van der Waals surface area contributed by atoms with Crippen molar-refractivity contribution in [2.24, 2.45) is 11.7 Å². The number of rotatable bonds is 5. The van der Waals surface area contributed by atoms with Crippen LogP contribution in [0, 0.1) is 5.92 Å². The molecule has 2 nitrogen and oxygen atoms in total. The van der Waals surface area contributed by atoms with E-state index in [9.17, 15) is 0 Å². The molecule has 0 amide bonds. The van der Waals surface area contributed by atoms with Crippen LogP contribution < -0.4 is 5.73 Å². The maximum Gasteiger partial charge on any atom is 0.0362 e. The van der Waals surface area contributed by atoms with Gasteiger partial charge in [-0.05, 0) is 44.7 Å². The van der Waals surface area contributed by atoms with Crippen molar-refractivity contribution in [1.82, 2.24) is 4.90 Å². The van der Waals surface area contributed by atoms with Crippen molar-refractivity contribution in [2.75, 3.05) is 13.1 Å². The summed E-state index contributed by atoms with van der Waals surface area (Å²) >= 11 is 0. The topological polar surface area (TPSA) is 29.3 Å². The molecular weight excluding hydrogens is 220 g/mol. The van der Waals surface area contributed by atoms with E-state index >= 15 is 0 Å². The van der Waals surface area contributed by atoms with Gasteiger partial charge in [-0.2, -0.15) is 0 Å². The van der Waals surface area contributed by atoms with E-state index in [0.29, 0.717) is 11.6 Å². The van der Waals surface area contributed by atoms with Gasteiger partial charge in [0.05, 0.1) is 0 Å². The summed E-state index contributed by atoms with van der Waals surface area (Å²) in [5.41, 5.74) is 7.14. The highest BCUT2D eigenvalue weighted by Gasteiger charge is 2.45. The lowest BCUT2D eigenvalue weighted by atomic mass is 9.73. The molecule has 0 saturated heterocycles. The summed E-state index contributed by atoms with van der Waals surface area (Å²) in [6.07, 6.45) is 12.5. The molecule has 1 unspecified atom stereocenters. The predicted octanol–water partition coefficient (Wildman–Crippen LogP) is 3.55. The van der Waals surface area contributed by atoms with Gasteiger partial charge in [-0.25, -0.2) is 0 Å². The predicted molar refractivity (Wildman–Crippen MR) is 78.7 cm³/mol. The Bertz CT molecular complexity index is 235. The summed E-state index contributed by atoms with van der Waals surface area (Å²) in [4.78, 5) is 2.68. The Labute approximate surface area is 113 Å². The lowest BCUT2D eigenvalue weighted by Gasteiger charge is -2.48. The third-order valence-corrected chi connectivity index (χ3v) is 5.64. The van der Waals surface area contributed by atoms with Crippen molar-refractivity contribution >= 4 is 0 Å². The van der Waals surface area contributed by atoms with Gasteiger partial charge in [0.25, 0.3) is 0 Å². The lowest BCUT2D eigenvalue weighted by Crippen LogP contribution is -2.61. The van der Waals surface area contributed by atoms with Crippen LogP contribution in [0.4, 0.5) is 0 Å². The molecule has 0 aromatic carbocycles. The van der Waals surface area contributed by atoms with Crippen molar-refractivity contribution in [2.45, 2.75) is 83.2 Å². The molecule has 0 aromatic rings. The van der Waals surface area contributed by atoms with E-state index in [1.807, 2.05) is 0 Å². The minimum Gasteiger partial charge on any atom is -0.326 e. The molecule has 2 aliphatic rings. The third kappa shape index (κ3) is 2.60. The van der Waals surface area contributed by atoms with Crippen LogP contribution in [0.3, 0.4) is 0 Å². The summed E-state index contributed by atoms with van der Waals surface area (Å²) in [6, 6.07) is 0.417. The number of hydrogen-bond acceptors (Lipinski definition) is 2. The van der Waals surface area contributed by atoms with Gasteiger partial charge in [0.2, 0.25) is 0 Å². The van der Waals surface area contributed by atoms with Gasteiger partial charge in [0.1, 0.15) is 0 Å². The van der Waals surface area contributed by atoms with Crippen molar-refractivity contribution in [1.29, 1.82) is 0 Å². The molecule has 2 heteroatoms. The monoisotopic (exact) mass is 252 g/mol. The maximum absolute atomic E-state index is 6.80. The molecule has 0 aromatic heterocycles. The zero-order valence-corrected chi connectivity index (χ0v) is 12.5. The molecule has 0 aliphatic heterocycles. The van der Waals surface area contributed by atoms with Gasteiger partial charge >= 0.3 is 0 Å². The van der Waals surface area contributed by atoms with Crippen LogP contribution in [0.25, 0.3) is 0 Å². The summed E-state index contributed by atoms with van der Waals surface area (Å²) < 4.78 is 0. The first-order chi connectivity index (χ1) is 8.74. The fourth-order valence-corrected chi connectivity index (χ4v) is 4.63. The lowest BCUT2D eigenvalue weighted by molar-refractivity contribution is 0.0469. The highest BCUT2D eigenvalue weighted by molar-refractivity contribution is 5.04. The van der Waals surface area contributed by atoms with E-state index in [1.54, 1.807) is 0 Å². The Balaban J connectivity index is 2.12. The zero-order chi connectivity index (χ0) is 13.0. The van der Waals surface area contributed by atoms with Crippen LogP contribution in [0.15, 0.2) is 0 Å². The highest BCUT2D eigenvalue weighted by Crippen LogP contribution is 2.42. The normalized spacial score (nSPS) is 26.7. The van der Waals surface area contributed by atoms with Gasteiger partial charge in [-0.1, -0.05) is 46.0 Å². The van der Waals surface area contributed by atoms with Gasteiger partial charge in [0, 0.05) is 11.6 Å². The molecule has 2 rings (SSSR count). The maximum atomic E-state index is 6.80. The molecule has 2 aliphatic carbocycles. The van der Waals surface area contributed by atoms with Crippen LogP contribution in [0.5, 0.6) is 0 Å². The van der Waals surface area contributed by atoms with E-state index in [-0.39, 0.29) is 0 Å². The molecule has 0 bridgehead atoms. The highest BCUT2D eigenvalue weighted by atomic mass is 15.2. The Morgan fingerprint density at radius 3 is 2.06 bits per heavy atom. The van der Waals surface area contributed by atoms with Crippen molar-refractivity contribution in [3.63, 3.8) is 0 Å². The van der Waals surface area contributed by atoms with Crippen LogP contribution in [0.2, 0.25) is 0 Å². The van der Waals surface area contributed by atoms with Crippen LogP contribution in [-0.4, -0.2) is 29.6 Å². The number of nitrogens with zero attached hydrogens (tertiary/aromatic N) is 1. The number of hydrogen-bond donors (Lipinski definition) is 1. The molecule has 18 heavy (non-hydrogen) atoms. The molecule has 106 valence electrons. The average molecular weight is 252 g/mol. The van der Waals surface area contributed by atoms with Gasteiger partial charge in [-0.3, -0.25) is 4.90 Å². The third-order valence-electron chi connectivity index (χ3n) is 5.64. The van der Waals surface area contributed by atoms with Crippen molar-refractivity contribution in [3.05, 3.63) is 0 Å². The SMILES string of the molecule is CCN(CC)C1(C(N)C2CCCCC2)CCCC1. The van der Waals surface area contributed by atoms with Gasteiger partial charge < -0.3 is 5.73 Å². The fraction of sp³-hybridized carbons (Fsp3) is 1.00. The number of nitrogens with two attached hydrogens (primary N) is 1. The Kier molecular flexibility index (Phi) is 5.08. The molecule has 1 atom stereocenters. The molecule has 0 heterocycles. The molecule has 2 N–H and O–H groups in total. The Hall–Kier alpha value is -0.0800. The second-order valence-electron chi connectivity index (χ2n) is 6.41. The molecule has 2 fully saturated rings. The van der Waals surface area contributed by atoms with Crippen LogP contribution in [-0.2, 0) is 0 Å². The summed E-state index contributed by atoms with van der Waals surface area (Å²) in [5, 5.41) is 0. The Morgan fingerprint density at radius 2 is 1.56 bits per heavy atom. The zero-order valence-electron chi connectivity index (χ0n) is 12.5. The smallest absolute Gasteiger partial charge is 0.0362 e. The van der Waals surface area contributed by atoms with Gasteiger partial charge in [-0.15, -0.1) is 0 Å². The molecule has 0 spiro atoms. The largest absolute Gasteiger partial charge is 0.326 e. The van der Waals surface area contributed by atoms with Crippen LogP contribution in [0.1, 0.15) is 71.6 Å². The van der Waals surface area contributed by atoms with E-state index in [1.165, 1.54) is 57.8 Å². The first-order valence-corrected chi connectivity index (χ1v) is 8.25. The summed E-state index contributed by atoms with van der Waals surface area (Å²) in [5.74, 6) is 0.789. The van der Waals surface area contributed by atoms with Gasteiger partial charge in [0.15, 0.2) is 0 Å². The van der Waals surface area contributed by atoms with Crippen molar-refractivity contribution < 1.29 is 0 Å². The average Bonchev–Trinajstić information content (AvgIpc) is 2.91. The minimum atomic E-state index is 0.339. The first-order valence-electron chi connectivity index (χ1n) is 8.25. The summed E-state index contributed by atoms with van der Waals surface area (Å²) in [6.45, 7) is 6.93. The van der Waals surface area contributed by atoms with E-state index in [0.717, 1.165) is 19.0 Å². The second kappa shape index (κ2) is 6.38. The minimum absolute atomic E-state index is 0.339. The van der Waals surface area contributed by atoms with Crippen molar-refractivity contribution in [3.8, 4) is 0 Å². The molecule has 0 radical (unpaired) electrons. The van der Waals surface area contributed by atoms with E-state index in [2.05, 4.69) is 18.7 Å². The standard InChI is InChI=1S/C16H32N2/c1-3-18(4-2)16(12-8-9-13-16)15(17)14-10-6-5-7-11-14/h14-15H,3-13,17H2,1-2H3.